The Morgan fingerprint density at radius 3 is 2.30 bits per heavy atom. The van der Waals surface area contributed by atoms with Crippen molar-refractivity contribution < 1.29 is 5.11 Å². The molecule has 0 bridgehead atoms. The molecule has 1 atom stereocenters. The van der Waals surface area contributed by atoms with Gasteiger partial charge in [0, 0.05) is 11.6 Å². The Kier molecular flexibility index (Phi) is 8.03. The van der Waals surface area contributed by atoms with E-state index in [1.54, 1.807) is 0 Å². The summed E-state index contributed by atoms with van der Waals surface area (Å²) in [5.74, 6) is 0. The van der Waals surface area contributed by atoms with Crippen molar-refractivity contribution in [2.24, 2.45) is 0 Å². The number of hydrogen-bond donors (Lipinski definition) is 2. The first-order chi connectivity index (χ1) is 9.49. The van der Waals surface area contributed by atoms with Gasteiger partial charge < -0.3 is 20.2 Å². The van der Waals surface area contributed by atoms with E-state index in [2.05, 4.69) is 43.1 Å². The van der Waals surface area contributed by atoms with Crippen LogP contribution >= 0.6 is 0 Å². The van der Waals surface area contributed by atoms with Crippen molar-refractivity contribution in [3.8, 4) is 0 Å². The van der Waals surface area contributed by atoms with Crippen molar-refractivity contribution in [2.75, 3.05) is 46.9 Å². The summed E-state index contributed by atoms with van der Waals surface area (Å²) in [7, 11) is 4.26. The van der Waals surface area contributed by atoms with Gasteiger partial charge in [-0.15, -0.1) is 0 Å². The first-order valence-corrected chi connectivity index (χ1v) is 8.24. The quantitative estimate of drug-likeness (QED) is 0.570. The molecule has 0 spiro atoms. The maximum atomic E-state index is 9.61. The Bertz CT molecular complexity index is 256. The van der Waals surface area contributed by atoms with Gasteiger partial charge in [0.15, 0.2) is 0 Å². The third kappa shape index (κ3) is 7.58. The standard InChI is InChI=1S/C16H35N3O/c1-5-19(13-7-11-18(3)4)12-6-10-16(2,14-20)17-15-8-9-15/h15,17,20H,5-14H2,1-4H3. The fourth-order valence-electron chi connectivity index (χ4n) is 2.65. The molecule has 0 aromatic rings. The molecule has 20 heavy (non-hydrogen) atoms. The van der Waals surface area contributed by atoms with Crippen LogP contribution in [0.2, 0.25) is 0 Å². The summed E-state index contributed by atoms with van der Waals surface area (Å²) in [5.41, 5.74) is -0.0792. The molecule has 0 radical (unpaired) electrons. The fraction of sp³-hybridized carbons (Fsp3) is 1.00. The molecule has 0 aromatic carbocycles. The molecule has 1 rings (SSSR count). The molecule has 1 saturated carbocycles. The smallest absolute Gasteiger partial charge is 0.0610 e. The zero-order chi connectivity index (χ0) is 15.0. The number of nitrogens with one attached hydrogen (secondary N) is 1. The Hall–Kier alpha value is -0.160. The zero-order valence-electron chi connectivity index (χ0n) is 14.0. The molecule has 0 aliphatic heterocycles. The third-order valence-electron chi connectivity index (χ3n) is 4.21. The zero-order valence-corrected chi connectivity index (χ0v) is 14.0. The molecule has 4 heteroatoms. The van der Waals surface area contributed by atoms with Gasteiger partial charge in [-0.1, -0.05) is 6.92 Å². The molecule has 120 valence electrons. The lowest BCUT2D eigenvalue weighted by atomic mass is 9.96. The van der Waals surface area contributed by atoms with Crippen molar-refractivity contribution >= 4 is 0 Å². The highest BCUT2D eigenvalue weighted by Gasteiger charge is 2.31. The Labute approximate surface area is 125 Å². The summed E-state index contributed by atoms with van der Waals surface area (Å²) in [6, 6.07) is 0.662. The van der Waals surface area contributed by atoms with Gasteiger partial charge in [0.05, 0.1) is 6.61 Å². The van der Waals surface area contributed by atoms with E-state index in [-0.39, 0.29) is 12.1 Å². The molecule has 0 aromatic heterocycles. The van der Waals surface area contributed by atoms with Crippen LogP contribution in [0.1, 0.15) is 46.0 Å². The summed E-state index contributed by atoms with van der Waals surface area (Å²) in [6.45, 7) is 9.26. The van der Waals surface area contributed by atoms with Gasteiger partial charge in [0.25, 0.3) is 0 Å². The van der Waals surface area contributed by atoms with Crippen molar-refractivity contribution in [1.29, 1.82) is 0 Å². The summed E-state index contributed by atoms with van der Waals surface area (Å²) < 4.78 is 0. The molecule has 0 amide bonds. The van der Waals surface area contributed by atoms with Crippen LogP contribution in [0.15, 0.2) is 0 Å². The predicted octanol–water partition coefficient (Wildman–Crippen LogP) is 1.54. The number of nitrogens with zero attached hydrogens (tertiary/aromatic N) is 2. The number of aliphatic hydroxyl groups is 1. The van der Waals surface area contributed by atoms with E-state index in [1.165, 1.54) is 25.8 Å². The van der Waals surface area contributed by atoms with Crippen LogP contribution in [0.3, 0.4) is 0 Å². The van der Waals surface area contributed by atoms with Gasteiger partial charge in [-0.25, -0.2) is 0 Å². The largest absolute Gasteiger partial charge is 0.394 e. The summed E-state index contributed by atoms with van der Waals surface area (Å²) >= 11 is 0. The van der Waals surface area contributed by atoms with E-state index in [1.807, 2.05) is 0 Å². The Morgan fingerprint density at radius 2 is 1.80 bits per heavy atom. The highest BCUT2D eigenvalue weighted by molar-refractivity contribution is 4.92. The van der Waals surface area contributed by atoms with E-state index in [0.29, 0.717) is 6.04 Å². The van der Waals surface area contributed by atoms with Gasteiger partial charge in [-0.05, 0) is 79.3 Å². The minimum absolute atomic E-state index is 0.0792. The van der Waals surface area contributed by atoms with Crippen LogP contribution in [-0.2, 0) is 0 Å². The van der Waals surface area contributed by atoms with Crippen molar-refractivity contribution in [3.05, 3.63) is 0 Å². The molecule has 1 aliphatic carbocycles. The molecule has 4 nitrogen and oxygen atoms in total. The van der Waals surface area contributed by atoms with E-state index < -0.39 is 0 Å². The molecular weight excluding hydrogens is 250 g/mol. The van der Waals surface area contributed by atoms with E-state index in [9.17, 15) is 5.11 Å². The Morgan fingerprint density at radius 1 is 1.15 bits per heavy atom. The van der Waals surface area contributed by atoms with Crippen LogP contribution in [0.5, 0.6) is 0 Å². The van der Waals surface area contributed by atoms with Crippen LogP contribution in [0.25, 0.3) is 0 Å². The molecular formula is C16H35N3O. The highest BCUT2D eigenvalue weighted by Crippen LogP contribution is 2.24. The molecule has 2 N–H and O–H groups in total. The lowest BCUT2D eigenvalue weighted by Gasteiger charge is -2.30. The SMILES string of the molecule is CCN(CCCN(C)C)CCCC(C)(CO)NC1CC1. The highest BCUT2D eigenvalue weighted by atomic mass is 16.3. The van der Waals surface area contributed by atoms with Gasteiger partial charge in [-0.3, -0.25) is 0 Å². The van der Waals surface area contributed by atoms with E-state index in [4.69, 9.17) is 0 Å². The molecule has 1 fully saturated rings. The topological polar surface area (TPSA) is 38.7 Å². The average molecular weight is 285 g/mol. The van der Waals surface area contributed by atoms with Crippen LogP contribution in [0.4, 0.5) is 0 Å². The monoisotopic (exact) mass is 285 g/mol. The van der Waals surface area contributed by atoms with Crippen molar-refractivity contribution in [1.82, 2.24) is 15.1 Å². The lowest BCUT2D eigenvalue weighted by molar-refractivity contribution is 0.154. The normalized spacial score (nSPS) is 18.8. The van der Waals surface area contributed by atoms with Gasteiger partial charge in [0.2, 0.25) is 0 Å². The van der Waals surface area contributed by atoms with Crippen molar-refractivity contribution in [2.45, 2.75) is 57.5 Å². The summed E-state index contributed by atoms with van der Waals surface area (Å²) in [6.07, 6.45) is 6.01. The second-order valence-electron chi connectivity index (χ2n) is 6.83. The molecule has 0 saturated heterocycles. The van der Waals surface area contributed by atoms with Crippen LogP contribution < -0.4 is 5.32 Å². The maximum absolute atomic E-state index is 9.61. The van der Waals surface area contributed by atoms with Crippen molar-refractivity contribution in [3.63, 3.8) is 0 Å². The Balaban J connectivity index is 2.18. The summed E-state index contributed by atoms with van der Waals surface area (Å²) in [4.78, 5) is 4.77. The second-order valence-corrected chi connectivity index (χ2v) is 6.83. The van der Waals surface area contributed by atoms with Crippen LogP contribution in [0, 0.1) is 0 Å². The van der Waals surface area contributed by atoms with Gasteiger partial charge in [0.1, 0.15) is 0 Å². The van der Waals surface area contributed by atoms with Gasteiger partial charge in [-0.2, -0.15) is 0 Å². The van der Waals surface area contributed by atoms with E-state index >= 15 is 0 Å². The fourth-order valence-corrected chi connectivity index (χ4v) is 2.65. The van der Waals surface area contributed by atoms with Crippen LogP contribution in [-0.4, -0.2) is 73.4 Å². The number of hydrogen-bond acceptors (Lipinski definition) is 4. The number of rotatable bonds is 12. The first-order valence-electron chi connectivity index (χ1n) is 8.24. The predicted molar refractivity (Wildman–Crippen MR) is 86.2 cm³/mol. The number of aliphatic hydroxyl groups excluding tert-OH is 1. The minimum atomic E-state index is -0.0792. The minimum Gasteiger partial charge on any atom is -0.394 e. The average Bonchev–Trinajstić information content (AvgIpc) is 3.20. The molecule has 1 aliphatic rings. The molecule has 1 unspecified atom stereocenters. The lowest BCUT2D eigenvalue weighted by Crippen LogP contribution is -2.47. The maximum Gasteiger partial charge on any atom is 0.0610 e. The van der Waals surface area contributed by atoms with Gasteiger partial charge >= 0.3 is 0 Å². The molecule has 0 heterocycles. The first kappa shape index (κ1) is 17.9. The van der Waals surface area contributed by atoms with E-state index in [0.717, 1.165) is 32.5 Å². The summed E-state index contributed by atoms with van der Waals surface area (Å²) in [5, 5.41) is 13.2. The third-order valence-corrected chi connectivity index (χ3v) is 4.21. The second kappa shape index (κ2) is 8.98.